The van der Waals surface area contributed by atoms with Gasteiger partial charge in [-0.15, -0.1) is 11.3 Å². The first-order valence-electron chi connectivity index (χ1n) is 5.23. The molecule has 2 nitrogen and oxygen atoms in total. The SMILES string of the molecule is CN(CC1(CO)CCC1)c1ccc(Cl)s1. The maximum Gasteiger partial charge on any atom is 0.0950 e. The van der Waals surface area contributed by atoms with Gasteiger partial charge in [0.05, 0.1) is 15.9 Å². The quantitative estimate of drug-likeness (QED) is 0.882. The van der Waals surface area contributed by atoms with Crippen molar-refractivity contribution in [2.45, 2.75) is 19.3 Å². The van der Waals surface area contributed by atoms with Gasteiger partial charge < -0.3 is 10.0 Å². The van der Waals surface area contributed by atoms with Gasteiger partial charge in [-0.25, -0.2) is 0 Å². The van der Waals surface area contributed by atoms with Crippen molar-refractivity contribution < 1.29 is 5.11 Å². The predicted octanol–water partition coefficient (Wildman–Crippen LogP) is 3.00. The molecule has 2 rings (SSSR count). The lowest BCUT2D eigenvalue weighted by molar-refractivity contribution is 0.0525. The van der Waals surface area contributed by atoms with E-state index in [1.165, 1.54) is 11.4 Å². The summed E-state index contributed by atoms with van der Waals surface area (Å²) in [6.07, 6.45) is 3.54. The number of rotatable bonds is 4. The van der Waals surface area contributed by atoms with E-state index in [2.05, 4.69) is 11.9 Å². The molecule has 1 saturated carbocycles. The Morgan fingerprint density at radius 2 is 2.27 bits per heavy atom. The molecule has 1 N–H and O–H groups in total. The summed E-state index contributed by atoms with van der Waals surface area (Å²) in [5.41, 5.74) is 0.144. The summed E-state index contributed by atoms with van der Waals surface area (Å²) in [7, 11) is 2.07. The van der Waals surface area contributed by atoms with E-state index < -0.39 is 0 Å². The molecule has 1 aromatic rings. The van der Waals surface area contributed by atoms with Crippen LogP contribution in [0.15, 0.2) is 12.1 Å². The number of hydrogen-bond donors (Lipinski definition) is 1. The van der Waals surface area contributed by atoms with Crippen LogP contribution < -0.4 is 4.90 Å². The Balaban J connectivity index is 1.99. The molecule has 0 unspecified atom stereocenters. The Labute approximate surface area is 99.5 Å². The van der Waals surface area contributed by atoms with E-state index in [9.17, 15) is 5.11 Å². The highest BCUT2D eigenvalue weighted by atomic mass is 35.5. The van der Waals surface area contributed by atoms with Gasteiger partial charge >= 0.3 is 0 Å². The summed E-state index contributed by atoms with van der Waals surface area (Å²) in [5, 5.41) is 10.6. The summed E-state index contributed by atoms with van der Waals surface area (Å²) < 4.78 is 0.823. The summed E-state index contributed by atoms with van der Waals surface area (Å²) >= 11 is 7.49. The van der Waals surface area contributed by atoms with E-state index in [1.807, 2.05) is 12.1 Å². The van der Waals surface area contributed by atoms with Crippen LogP contribution in [0.25, 0.3) is 0 Å². The number of halogens is 1. The van der Waals surface area contributed by atoms with Crippen molar-refractivity contribution in [2.75, 3.05) is 25.1 Å². The Bertz CT molecular complexity index is 330. The summed E-state index contributed by atoms with van der Waals surface area (Å²) in [6.45, 7) is 1.23. The molecule has 0 aromatic carbocycles. The molecular formula is C11H16ClNOS. The first kappa shape index (κ1) is 11.2. The van der Waals surface area contributed by atoms with Crippen molar-refractivity contribution in [2.24, 2.45) is 5.41 Å². The van der Waals surface area contributed by atoms with Gasteiger partial charge in [0.15, 0.2) is 0 Å². The van der Waals surface area contributed by atoms with Crippen molar-refractivity contribution in [1.82, 2.24) is 0 Å². The molecule has 1 fully saturated rings. The first-order valence-corrected chi connectivity index (χ1v) is 6.42. The average Bonchev–Trinajstić information content (AvgIpc) is 2.58. The molecule has 0 spiro atoms. The highest BCUT2D eigenvalue weighted by molar-refractivity contribution is 7.19. The van der Waals surface area contributed by atoms with Gasteiger partial charge in [0.1, 0.15) is 0 Å². The Morgan fingerprint density at radius 1 is 1.53 bits per heavy atom. The maximum absolute atomic E-state index is 9.39. The minimum absolute atomic E-state index is 0.144. The lowest BCUT2D eigenvalue weighted by Crippen LogP contribution is -2.43. The summed E-state index contributed by atoms with van der Waals surface area (Å²) in [6, 6.07) is 3.96. The minimum Gasteiger partial charge on any atom is -0.396 e. The lowest BCUT2D eigenvalue weighted by Gasteiger charge is -2.43. The molecule has 0 radical (unpaired) electrons. The normalized spacial score (nSPS) is 18.6. The van der Waals surface area contributed by atoms with Gasteiger partial charge in [0.2, 0.25) is 0 Å². The standard InChI is InChI=1S/C11H16ClNOS/c1-13(10-4-3-9(12)15-10)7-11(8-14)5-2-6-11/h3-4,14H,2,5-8H2,1H3. The second-order valence-electron chi connectivity index (χ2n) is 4.45. The third kappa shape index (κ3) is 2.30. The van der Waals surface area contributed by atoms with Gasteiger partial charge in [0, 0.05) is 19.0 Å². The first-order chi connectivity index (χ1) is 7.15. The lowest BCUT2D eigenvalue weighted by atomic mass is 9.69. The number of thiophene rings is 1. The fraction of sp³-hybridized carbons (Fsp3) is 0.636. The maximum atomic E-state index is 9.39. The Kier molecular flexibility index (Phi) is 3.24. The van der Waals surface area contributed by atoms with Crippen LogP contribution in [0, 0.1) is 5.41 Å². The summed E-state index contributed by atoms with van der Waals surface area (Å²) in [4.78, 5) is 2.20. The minimum atomic E-state index is 0.144. The van der Waals surface area contributed by atoms with Crippen LogP contribution in [-0.2, 0) is 0 Å². The smallest absolute Gasteiger partial charge is 0.0950 e. The molecule has 0 saturated heterocycles. The van der Waals surface area contributed by atoms with Crippen LogP contribution in [0.2, 0.25) is 4.34 Å². The van der Waals surface area contributed by atoms with Gasteiger partial charge in [-0.1, -0.05) is 18.0 Å². The van der Waals surface area contributed by atoms with Crippen molar-refractivity contribution in [1.29, 1.82) is 0 Å². The molecule has 0 atom stereocenters. The topological polar surface area (TPSA) is 23.5 Å². The van der Waals surface area contributed by atoms with Crippen LogP contribution in [0.4, 0.5) is 5.00 Å². The van der Waals surface area contributed by atoms with E-state index in [0.717, 1.165) is 23.7 Å². The molecule has 84 valence electrons. The van der Waals surface area contributed by atoms with Crippen LogP contribution in [0.3, 0.4) is 0 Å². The molecule has 15 heavy (non-hydrogen) atoms. The van der Waals surface area contributed by atoms with E-state index in [4.69, 9.17) is 11.6 Å². The van der Waals surface area contributed by atoms with Crippen molar-refractivity contribution in [3.8, 4) is 0 Å². The van der Waals surface area contributed by atoms with Crippen molar-refractivity contribution in [3.63, 3.8) is 0 Å². The van der Waals surface area contributed by atoms with E-state index in [-0.39, 0.29) is 5.41 Å². The number of anilines is 1. The zero-order valence-corrected chi connectivity index (χ0v) is 10.4. The molecule has 0 bridgehead atoms. The Hall–Kier alpha value is -0.250. The van der Waals surface area contributed by atoms with E-state index in [1.54, 1.807) is 11.3 Å². The average molecular weight is 246 g/mol. The highest BCUT2D eigenvalue weighted by Crippen LogP contribution is 2.42. The summed E-state index contributed by atoms with van der Waals surface area (Å²) in [5.74, 6) is 0. The Morgan fingerprint density at radius 3 is 2.67 bits per heavy atom. The highest BCUT2D eigenvalue weighted by Gasteiger charge is 2.37. The monoisotopic (exact) mass is 245 g/mol. The van der Waals surface area contributed by atoms with Crippen LogP contribution in [0.5, 0.6) is 0 Å². The van der Waals surface area contributed by atoms with Crippen LogP contribution in [0.1, 0.15) is 19.3 Å². The van der Waals surface area contributed by atoms with Crippen LogP contribution in [-0.4, -0.2) is 25.3 Å². The zero-order chi connectivity index (χ0) is 10.9. The second-order valence-corrected chi connectivity index (χ2v) is 6.14. The molecule has 4 heteroatoms. The number of hydrogen-bond acceptors (Lipinski definition) is 3. The van der Waals surface area contributed by atoms with Gasteiger partial charge in [0.25, 0.3) is 0 Å². The zero-order valence-electron chi connectivity index (χ0n) is 8.87. The van der Waals surface area contributed by atoms with Gasteiger partial charge in [-0.3, -0.25) is 0 Å². The molecule has 0 amide bonds. The van der Waals surface area contributed by atoms with Crippen molar-refractivity contribution in [3.05, 3.63) is 16.5 Å². The van der Waals surface area contributed by atoms with Gasteiger partial charge in [-0.2, -0.15) is 0 Å². The number of aliphatic hydroxyl groups excluding tert-OH is 1. The third-order valence-electron chi connectivity index (χ3n) is 3.26. The third-order valence-corrected chi connectivity index (χ3v) is 4.60. The molecular weight excluding hydrogens is 230 g/mol. The second kappa shape index (κ2) is 4.32. The van der Waals surface area contributed by atoms with E-state index in [0.29, 0.717) is 6.61 Å². The molecule has 1 aliphatic carbocycles. The fourth-order valence-electron chi connectivity index (χ4n) is 2.13. The molecule has 1 aromatic heterocycles. The molecule has 0 aliphatic heterocycles. The fourth-order valence-corrected chi connectivity index (χ4v) is 3.13. The number of aliphatic hydroxyl groups is 1. The van der Waals surface area contributed by atoms with Gasteiger partial charge in [-0.05, 0) is 25.0 Å². The van der Waals surface area contributed by atoms with Crippen LogP contribution >= 0.6 is 22.9 Å². The number of nitrogens with zero attached hydrogens (tertiary/aromatic N) is 1. The molecule has 1 aliphatic rings. The van der Waals surface area contributed by atoms with E-state index >= 15 is 0 Å². The van der Waals surface area contributed by atoms with Crippen molar-refractivity contribution >= 4 is 27.9 Å². The molecule has 1 heterocycles. The largest absolute Gasteiger partial charge is 0.396 e. The predicted molar refractivity (Wildman–Crippen MR) is 66.0 cm³/mol.